The molecule has 1 saturated heterocycles. The van der Waals surface area contributed by atoms with Crippen molar-refractivity contribution in [1.82, 2.24) is 4.31 Å². The van der Waals surface area contributed by atoms with Gasteiger partial charge in [-0.1, -0.05) is 31.2 Å². The Morgan fingerprint density at radius 2 is 2.00 bits per heavy atom. The minimum Gasteiger partial charge on any atom is -0.326 e. The number of benzene rings is 1. The van der Waals surface area contributed by atoms with Crippen LogP contribution < -0.4 is 5.73 Å². The molecular formula is C13H20N2O2S. The molecule has 1 heterocycles. The Bertz CT molecular complexity index is 513. The molecule has 4 nitrogen and oxygen atoms in total. The fraction of sp³-hybridized carbons (Fsp3) is 0.538. The molecule has 0 amide bonds. The Kier molecular flexibility index (Phi) is 4.04. The van der Waals surface area contributed by atoms with Crippen molar-refractivity contribution < 1.29 is 8.42 Å². The molecule has 0 radical (unpaired) electrons. The van der Waals surface area contributed by atoms with Gasteiger partial charge in [0.25, 0.3) is 0 Å². The summed E-state index contributed by atoms with van der Waals surface area (Å²) in [5.41, 5.74) is 7.37. The van der Waals surface area contributed by atoms with E-state index in [1.165, 1.54) is 0 Å². The summed E-state index contributed by atoms with van der Waals surface area (Å²) in [6.45, 7) is 3.76. The van der Waals surface area contributed by atoms with Crippen molar-refractivity contribution in [2.75, 3.05) is 13.1 Å². The molecule has 0 saturated carbocycles. The van der Waals surface area contributed by atoms with Crippen LogP contribution in [0.1, 0.15) is 24.5 Å². The Balaban J connectivity index is 2.17. The van der Waals surface area contributed by atoms with Gasteiger partial charge in [-0.25, -0.2) is 12.7 Å². The quantitative estimate of drug-likeness (QED) is 0.895. The second kappa shape index (κ2) is 5.38. The van der Waals surface area contributed by atoms with Gasteiger partial charge in [0.05, 0.1) is 5.75 Å². The molecule has 5 heteroatoms. The van der Waals surface area contributed by atoms with Crippen molar-refractivity contribution in [2.45, 2.75) is 25.6 Å². The summed E-state index contributed by atoms with van der Waals surface area (Å²) in [7, 11) is -3.20. The zero-order chi connectivity index (χ0) is 13.2. The first-order valence-electron chi connectivity index (χ1n) is 6.27. The third-order valence-electron chi connectivity index (χ3n) is 3.46. The van der Waals surface area contributed by atoms with Crippen LogP contribution in [0.3, 0.4) is 0 Å². The molecule has 0 bridgehead atoms. The van der Waals surface area contributed by atoms with E-state index < -0.39 is 10.0 Å². The molecule has 1 aromatic rings. The molecule has 1 fully saturated rings. The summed E-state index contributed by atoms with van der Waals surface area (Å²) in [5, 5.41) is 0. The van der Waals surface area contributed by atoms with Crippen LogP contribution in [0.2, 0.25) is 0 Å². The molecule has 0 aliphatic carbocycles. The first-order valence-corrected chi connectivity index (χ1v) is 7.88. The Hall–Kier alpha value is -0.910. The molecule has 0 spiro atoms. The summed E-state index contributed by atoms with van der Waals surface area (Å²) in [5.74, 6) is 0.525. The molecule has 2 rings (SSSR count). The van der Waals surface area contributed by atoms with Gasteiger partial charge in [0, 0.05) is 19.6 Å². The Morgan fingerprint density at radius 3 is 2.56 bits per heavy atom. The number of hydrogen-bond donors (Lipinski definition) is 1. The van der Waals surface area contributed by atoms with Gasteiger partial charge in [0.1, 0.15) is 0 Å². The number of nitrogens with two attached hydrogens (primary N) is 1. The summed E-state index contributed by atoms with van der Waals surface area (Å²) < 4.78 is 26.2. The van der Waals surface area contributed by atoms with Gasteiger partial charge < -0.3 is 5.73 Å². The highest BCUT2D eigenvalue weighted by Gasteiger charge is 2.29. The number of nitrogens with zero attached hydrogens (tertiary/aromatic N) is 1. The molecule has 0 aromatic heterocycles. The topological polar surface area (TPSA) is 63.4 Å². The lowest BCUT2D eigenvalue weighted by atomic mass is 10.1. The van der Waals surface area contributed by atoms with Gasteiger partial charge in [0.15, 0.2) is 0 Å². The van der Waals surface area contributed by atoms with E-state index in [1.54, 1.807) is 4.31 Å². The SMILES string of the molecule is CC1CCN(S(=O)(=O)Cc2ccccc2CN)C1. The van der Waals surface area contributed by atoms with E-state index in [-0.39, 0.29) is 5.75 Å². The average molecular weight is 268 g/mol. The lowest BCUT2D eigenvalue weighted by molar-refractivity contribution is 0.463. The van der Waals surface area contributed by atoms with Gasteiger partial charge in [-0.2, -0.15) is 0 Å². The van der Waals surface area contributed by atoms with Crippen molar-refractivity contribution in [3.05, 3.63) is 35.4 Å². The van der Waals surface area contributed by atoms with E-state index >= 15 is 0 Å². The second-order valence-corrected chi connectivity index (χ2v) is 6.95. The van der Waals surface area contributed by atoms with Crippen molar-refractivity contribution in [1.29, 1.82) is 0 Å². The first-order chi connectivity index (χ1) is 8.53. The van der Waals surface area contributed by atoms with Crippen LogP contribution in [0, 0.1) is 5.92 Å². The van der Waals surface area contributed by atoms with Crippen molar-refractivity contribution in [3.8, 4) is 0 Å². The van der Waals surface area contributed by atoms with E-state index in [1.807, 2.05) is 24.3 Å². The largest absolute Gasteiger partial charge is 0.326 e. The normalized spacial score (nSPS) is 21.3. The Morgan fingerprint density at radius 1 is 1.33 bits per heavy atom. The lowest BCUT2D eigenvalue weighted by Gasteiger charge is -2.17. The van der Waals surface area contributed by atoms with Crippen LogP contribution in [-0.2, 0) is 22.3 Å². The fourth-order valence-corrected chi connectivity index (χ4v) is 4.05. The maximum Gasteiger partial charge on any atom is 0.218 e. The van der Waals surface area contributed by atoms with Crippen LogP contribution in [0.4, 0.5) is 0 Å². The smallest absolute Gasteiger partial charge is 0.218 e. The minimum atomic E-state index is -3.20. The number of hydrogen-bond acceptors (Lipinski definition) is 3. The molecular weight excluding hydrogens is 248 g/mol. The minimum absolute atomic E-state index is 0.0626. The van der Waals surface area contributed by atoms with Crippen LogP contribution in [0.25, 0.3) is 0 Å². The molecule has 2 N–H and O–H groups in total. The van der Waals surface area contributed by atoms with Crippen molar-refractivity contribution in [2.24, 2.45) is 11.7 Å². The predicted molar refractivity (Wildman–Crippen MR) is 72.3 cm³/mol. The van der Waals surface area contributed by atoms with E-state index in [9.17, 15) is 8.42 Å². The zero-order valence-electron chi connectivity index (χ0n) is 10.7. The van der Waals surface area contributed by atoms with Gasteiger partial charge >= 0.3 is 0 Å². The third kappa shape index (κ3) is 2.91. The highest BCUT2D eigenvalue weighted by molar-refractivity contribution is 7.88. The molecule has 1 aromatic carbocycles. The number of rotatable bonds is 4. The molecule has 1 aliphatic heterocycles. The summed E-state index contributed by atoms with van der Waals surface area (Å²) in [6, 6.07) is 7.48. The molecule has 18 heavy (non-hydrogen) atoms. The van der Waals surface area contributed by atoms with E-state index in [2.05, 4.69) is 6.92 Å². The maximum atomic E-state index is 12.3. The zero-order valence-corrected chi connectivity index (χ0v) is 11.5. The molecule has 1 unspecified atom stereocenters. The van der Waals surface area contributed by atoms with Gasteiger partial charge in [-0.05, 0) is 23.5 Å². The van der Waals surface area contributed by atoms with E-state index in [0.29, 0.717) is 25.6 Å². The van der Waals surface area contributed by atoms with Gasteiger partial charge in [0.2, 0.25) is 10.0 Å². The highest BCUT2D eigenvalue weighted by Crippen LogP contribution is 2.22. The standard InChI is InChI=1S/C13H20N2O2S/c1-11-6-7-15(9-11)18(16,17)10-13-5-3-2-4-12(13)8-14/h2-5,11H,6-10,14H2,1H3. The average Bonchev–Trinajstić information content (AvgIpc) is 2.77. The van der Waals surface area contributed by atoms with Crippen molar-refractivity contribution >= 4 is 10.0 Å². The molecule has 1 atom stereocenters. The van der Waals surface area contributed by atoms with Crippen LogP contribution in [0.5, 0.6) is 0 Å². The lowest BCUT2D eigenvalue weighted by Crippen LogP contribution is -2.30. The third-order valence-corrected chi connectivity index (χ3v) is 5.25. The fourth-order valence-electron chi connectivity index (χ4n) is 2.33. The number of sulfonamides is 1. The monoisotopic (exact) mass is 268 g/mol. The Labute approximate surface area is 109 Å². The van der Waals surface area contributed by atoms with E-state index in [4.69, 9.17) is 5.73 Å². The van der Waals surface area contributed by atoms with Crippen LogP contribution in [0.15, 0.2) is 24.3 Å². The van der Waals surface area contributed by atoms with Crippen molar-refractivity contribution in [3.63, 3.8) is 0 Å². The van der Waals surface area contributed by atoms with E-state index in [0.717, 1.165) is 17.5 Å². The summed E-state index contributed by atoms with van der Waals surface area (Å²) in [4.78, 5) is 0. The van der Waals surface area contributed by atoms with Crippen LogP contribution in [-0.4, -0.2) is 25.8 Å². The summed E-state index contributed by atoms with van der Waals surface area (Å²) >= 11 is 0. The maximum absolute atomic E-state index is 12.3. The van der Waals surface area contributed by atoms with Crippen LogP contribution >= 0.6 is 0 Å². The first kappa shape index (κ1) is 13.5. The highest BCUT2D eigenvalue weighted by atomic mass is 32.2. The second-order valence-electron chi connectivity index (χ2n) is 4.98. The summed E-state index contributed by atoms with van der Waals surface area (Å²) in [6.07, 6.45) is 0.956. The predicted octanol–water partition coefficient (Wildman–Crippen LogP) is 1.32. The van der Waals surface area contributed by atoms with Gasteiger partial charge in [-0.3, -0.25) is 0 Å². The molecule has 100 valence electrons. The van der Waals surface area contributed by atoms with Gasteiger partial charge in [-0.15, -0.1) is 0 Å². The molecule has 1 aliphatic rings.